The van der Waals surface area contributed by atoms with Crippen LogP contribution in [-0.4, -0.2) is 43.7 Å². The van der Waals surface area contributed by atoms with Gasteiger partial charge in [-0.15, -0.1) is 0 Å². The summed E-state index contributed by atoms with van der Waals surface area (Å²) in [6.45, 7) is 3.36. The van der Waals surface area contributed by atoms with E-state index >= 15 is 0 Å². The van der Waals surface area contributed by atoms with Gasteiger partial charge in [0, 0.05) is 13.7 Å². The van der Waals surface area contributed by atoms with E-state index in [-0.39, 0.29) is 6.42 Å². The van der Waals surface area contributed by atoms with Crippen LogP contribution in [0.2, 0.25) is 0 Å². The van der Waals surface area contributed by atoms with E-state index in [4.69, 9.17) is 9.84 Å². The summed E-state index contributed by atoms with van der Waals surface area (Å²) in [4.78, 5) is 10.4. The molecule has 0 aromatic rings. The van der Waals surface area contributed by atoms with Gasteiger partial charge < -0.3 is 9.84 Å². The van der Waals surface area contributed by atoms with Gasteiger partial charge in [-0.2, -0.15) is 0 Å². The molecular weight excluding hydrogens is 220 g/mol. The van der Waals surface area contributed by atoms with E-state index in [1.54, 1.807) is 6.92 Å². The number of carboxylic acid groups (broad SMARTS) is 1. The van der Waals surface area contributed by atoms with Crippen LogP contribution in [0.1, 0.15) is 26.7 Å². The van der Waals surface area contributed by atoms with Gasteiger partial charge in [0.25, 0.3) is 0 Å². The molecule has 0 rings (SSSR count). The minimum atomic E-state index is -3.37. The second-order valence-corrected chi connectivity index (χ2v) is 6.38. The van der Waals surface area contributed by atoms with Crippen LogP contribution in [0, 0.1) is 0 Å². The molecule has 0 amide bonds. The average molecular weight is 238 g/mol. The quantitative estimate of drug-likeness (QED) is 0.705. The van der Waals surface area contributed by atoms with E-state index in [1.165, 1.54) is 14.0 Å². The molecule has 90 valence electrons. The lowest BCUT2D eigenvalue weighted by molar-refractivity contribution is -0.136. The zero-order chi connectivity index (χ0) is 12.1. The molecule has 0 heterocycles. The molecular formula is C9H18O5S. The molecule has 6 heteroatoms. The van der Waals surface area contributed by atoms with Crippen molar-refractivity contribution in [2.75, 3.05) is 13.7 Å². The Hall–Kier alpha value is -0.620. The second-order valence-electron chi connectivity index (χ2n) is 3.59. The van der Waals surface area contributed by atoms with E-state index < -0.39 is 26.3 Å². The summed E-state index contributed by atoms with van der Waals surface area (Å²) in [6, 6.07) is 0. The van der Waals surface area contributed by atoms with Gasteiger partial charge >= 0.3 is 5.97 Å². The maximum absolute atomic E-state index is 11.8. The fraction of sp³-hybridized carbons (Fsp3) is 0.889. The third-order valence-electron chi connectivity index (χ3n) is 2.31. The standard InChI is InChI=1S/C9H18O5S/c1-7(4-5-14-3)15(12,13)8(2)6-9(10)11/h7-8H,4-6H2,1-3H3,(H,10,11). The zero-order valence-electron chi connectivity index (χ0n) is 9.26. The summed E-state index contributed by atoms with van der Waals surface area (Å²) in [5.41, 5.74) is 0. The first-order valence-electron chi connectivity index (χ1n) is 4.75. The monoisotopic (exact) mass is 238 g/mol. The highest BCUT2D eigenvalue weighted by atomic mass is 32.2. The van der Waals surface area contributed by atoms with Crippen molar-refractivity contribution in [1.29, 1.82) is 0 Å². The van der Waals surface area contributed by atoms with Crippen molar-refractivity contribution in [3.8, 4) is 0 Å². The summed E-state index contributed by atoms with van der Waals surface area (Å²) >= 11 is 0. The number of hydrogen-bond acceptors (Lipinski definition) is 4. The summed E-state index contributed by atoms with van der Waals surface area (Å²) in [5, 5.41) is 7.11. The number of rotatable bonds is 7. The molecule has 2 atom stereocenters. The molecule has 0 aliphatic heterocycles. The van der Waals surface area contributed by atoms with Crippen molar-refractivity contribution in [2.45, 2.75) is 37.2 Å². The molecule has 2 unspecified atom stereocenters. The Bertz CT molecular complexity index is 296. The van der Waals surface area contributed by atoms with Gasteiger partial charge in [0.2, 0.25) is 0 Å². The second kappa shape index (κ2) is 6.07. The number of sulfone groups is 1. The van der Waals surface area contributed by atoms with Gasteiger partial charge in [-0.3, -0.25) is 4.79 Å². The van der Waals surface area contributed by atoms with Crippen molar-refractivity contribution in [3.63, 3.8) is 0 Å². The van der Waals surface area contributed by atoms with Gasteiger partial charge in [0.05, 0.1) is 16.9 Å². The molecule has 5 nitrogen and oxygen atoms in total. The van der Waals surface area contributed by atoms with E-state index in [0.29, 0.717) is 13.0 Å². The Balaban J connectivity index is 4.45. The van der Waals surface area contributed by atoms with Gasteiger partial charge in [0.1, 0.15) is 0 Å². The van der Waals surface area contributed by atoms with Crippen LogP contribution in [0.5, 0.6) is 0 Å². The fourth-order valence-electron chi connectivity index (χ4n) is 1.21. The van der Waals surface area contributed by atoms with Gasteiger partial charge in [-0.25, -0.2) is 8.42 Å². The minimum absolute atomic E-state index is 0.348. The van der Waals surface area contributed by atoms with Gasteiger partial charge in [-0.05, 0) is 20.3 Å². The molecule has 0 radical (unpaired) electrons. The number of carboxylic acids is 1. The Morgan fingerprint density at radius 3 is 2.27 bits per heavy atom. The molecule has 0 saturated heterocycles. The first-order chi connectivity index (χ1) is 6.82. The molecule has 15 heavy (non-hydrogen) atoms. The van der Waals surface area contributed by atoms with Crippen LogP contribution in [0.3, 0.4) is 0 Å². The summed E-state index contributed by atoms with van der Waals surface area (Å²) < 4.78 is 28.3. The van der Waals surface area contributed by atoms with Gasteiger partial charge in [0.15, 0.2) is 9.84 Å². The fourth-order valence-corrected chi connectivity index (χ4v) is 2.80. The van der Waals surface area contributed by atoms with E-state index in [0.717, 1.165) is 0 Å². The lowest BCUT2D eigenvalue weighted by Crippen LogP contribution is -2.30. The van der Waals surface area contributed by atoms with Crippen molar-refractivity contribution in [3.05, 3.63) is 0 Å². The normalized spacial score (nSPS) is 15.9. The van der Waals surface area contributed by atoms with E-state index in [9.17, 15) is 13.2 Å². The molecule has 0 bridgehead atoms. The van der Waals surface area contributed by atoms with Crippen LogP contribution in [0.25, 0.3) is 0 Å². The molecule has 0 aromatic carbocycles. The zero-order valence-corrected chi connectivity index (χ0v) is 10.1. The average Bonchev–Trinajstić information content (AvgIpc) is 2.12. The summed E-state index contributed by atoms with van der Waals surface area (Å²) in [7, 11) is -1.87. The SMILES string of the molecule is COCCC(C)S(=O)(=O)C(C)CC(=O)O. The lowest BCUT2D eigenvalue weighted by Gasteiger charge is -2.17. The first-order valence-corrected chi connectivity index (χ1v) is 6.36. The number of aliphatic carboxylic acids is 1. The predicted octanol–water partition coefficient (Wildman–Crippen LogP) is 0.689. The van der Waals surface area contributed by atoms with E-state index in [1.807, 2.05) is 0 Å². The largest absolute Gasteiger partial charge is 0.481 e. The first kappa shape index (κ1) is 14.4. The minimum Gasteiger partial charge on any atom is -0.481 e. The lowest BCUT2D eigenvalue weighted by atomic mass is 10.3. The van der Waals surface area contributed by atoms with Crippen molar-refractivity contribution in [2.24, 2.45) is 0 Å². The molecule has 0 spiro atoms. The number of hydrogen-bond donors (Lipinski definition) is 1. The molecule has 0 aliphatic carbocycles. The number of ether oxygens (including phenoxy) is 1. The maximum Gasteiger partial charge on any atom is 0.304 e. The van der Waals surface area contributed by atoms with Crippen LogP contribution < -0.4 is 0 Å². The molecule has 1 N–H and O–H groups in total. The van der Waals surface area contributed by atoms with Crippen LogP contribution in [0.15, 0.2) is 0 Å². The van der Waals surface area contributed by atoms with Crippen LogP contribution in [0.4, 0.5) is 0 Å². The van der Waals surface area contributed by atoms with E-state index in [2.05, 4.69) is 0 Å². The topological polar surface area (TPSA) is 80.7 Å². The van der Waals surface area contributed by atoms with Crippen molar-refractivity contribution >= 4 is 15.8 Å². The number of methoxy groups -OCH3 is 1. The smallest absolute Gasteiger partial charge is 0.304 e. The predicted molar refractivity (Wildman–Crippen MR) is 56.6 cm³/mol. The number of carbonyl (C=O) groups is 1. The Labute approximate surface area is 90.4 Å². The highest BCUT2D eigenvalue weighted by Crippen LogP contribution is 2.15. The van der Waals surface area contributed by atoms with Gasteiger partial charge in [-0.1, -0.05) is 0 Å². The molecule has 0 saturated carbocycles. The molecule has 0 aliphatic rings. The summed E-state index contributed by atoms with van der Waals surface area (Å²) in [5.74, 6) is -1.09. The Kier molecular flexibility index (Phi) is 5.82. The highest BCUT2D eigenvalue weighted by molar-refractivity contribution is 7.92. The summed E-state index contributed by atoms with van der Waals surface area (Å²) in [6.07, 6.45) is 0.0441. The highest BCUT2D eigenvalue weighted by Gasteiger charge is 2.28. The molecule has 0 fully saturated rings. The third kappa shape index (κ3) is 4.61. The van der Waals surface area contributed by atoms with Crippen LogP contribution in [-0.2, 0) is 19.4 Å². The third-order valence-corrected chi connectivity index (χ3v) is 4.96. The Morgan fingerprint density at radius 1 is 1.33 bits per heavy atom. The van der Waals surface area contributed by atoms with Crippen molar-refractivity contribution < 1.29 is 23.1 Å². The maximum atomic E-state index is 11.8. The Morgan fingerprint density at radius 2 is 1.87 bits per heavy atom. The van der Waals surface area contributed by atoms with Crippen molar-refractivity contribution in [1.82, 2.24) is 0 Å². The van der Waals surface area contributed by atoms with Crippen LogP contribution >= 0.6 is 0 Å². The molecule has 0 aromatic heterocycles.